The molecule has 0 aliphatic rings. The molecule has 0 aliphatic heterocycles. The number of ether oxygens (including phenoxy) is 2. The molecule has 0 bridgehead atoms. The molecule has 7 nitrogen and oxygen atoms in total. The van der Waals surface area contributed by atoms with Crippen LogP contribution in [0.1, 0.15) is 0 Å². The van der Waals surface area contributed by atoms with Crippen LogP contribution in [0.25, 0.3) is 0 Å². The molecule has 0 fully saturated rings. The number of hydrogen-bond acceptors (Lipinski definition) is 5. The highest BCUT2D eigenvalue weighted by Crippen LogP contribution is 2.35. The number of phosphoric acid groups is 1. The van der Waals surface area contributed by atoms with E-state index in [1.54, 1.807) is 6.08 Å². The van der Waals surface area contributed by atoms with E-state index in [0.29, 0.717) is 6.61 Å². The minimum absolute atomic E-state index is 0.167. The van der Waals surface area contributed by atoms with Crippen LogP contribution in [-0.4, -0.2) is 54.5 Å². The van der Waals surface area contributed by atoms with E-state index in [1.165, 1.54) is 6.08 Å². The second-order valence-electron chi connectivity index (χ2n) is 2.86. The number of aliphatic hydroxyl groups is 1. The highest BCUT2D eigenvalue weighted by Gasteiger charge is 2.18. The summed E-state index contributed by atoms with van der Waals surface area (Å²) in [4.78, 5) is 17.0. The zero-order valence-corrected chi connectivity index (χ0v) is 11.3. The fraction of sp³-hybridized carbons (Fsp3) is 0.600. The van der Waals surface area contributed by atoms with Crippen LogP contribution in [0, 0.1) is 0 Å². The molecule has 0 spiro atoms. The van der Waals surface area contributed by atoms with Gasteiger partial charge in [0.05, 0.1) is 26.4 Å². The van der Waals surface area contributed by atoms with Crippen molar-refractivity contribution in [3.05, 3.63) is 25.3 Å². The maximum Gasteiger partial charge on any atom is 0.469 e. The lowest BCUT2D eigenvalue weighted by Gasteiger charge is -2.17. The Balaban J connectivity index is 0. The SMILES string of the molecule is C=CCOCC(COP(=O)(O)O)OCC=C.CO. The summed E-state index contributed by atoms with van der Waals surface area (Å²) in [6.07, 6.45) is 2.54. The molecule has 0 aromatic heterocycles. The molecule has 18 heavy (non-hydrogen) atoms. The number of phosphoric ester groups is 1. The van der Waals surface area contributed by atoms with Crippen molar-refractivity contribution in [2.75, 3.05) is 33.5 Å². The van der Waals surface area contributed by atoms with E-state index in [1.807, 2.05) is 0 Å². The molecule has 108 valence electrons. The van der Waals surface area contributed by atoms with Crippen LogP contribution in [0.3, 0.4) is 0 Å². The Labute approximate surface area is 107 Å². The molecule has 0 saturated heterocycles. The topological polar surface area (TPSA) is 105 Å². The van der Waals surface area contributed by atoms with Crippen molar-refractivity contribution in [1.82, 2.24) is 0 Å². The number of aliphatic hydroxyl groups excluding tert-OH is 1. The van der Waals surface area contributed by atoms with E-state index in [2.05, 4.69) is 17.7 Å². The highest BCUT2D eigenvalue weighted by molar-refractivity contribution is 7.46. The van der Waals surface area contributed by atoms with E-state index < -0.39 is 13.9 Å². The predicted molar refractivity (Wildman–Crippen MR) is 67.1 cm³/mol. The molecule has 0 aromatic rings. The Bertz CT molecular complexity index is 251. The highest BCUT2D eigenvalue weighted by atomic mass is 31.2. The molecule has 3 N–H and O–H groups in total. The Kier molecular flexibility index (Phi) is 14.2. The summed E-state index contributed by atoms with van der Waals surface area (Å²) in [5.74, 6) is 0. The summed E-state index contributed by atoms with van der Waals surface area (Å²) in [6, 6.07) is 0. The lowest BCUT2D eigenvalue weighted by molar-refractivity contribution is -0.0263. The third-order valence-electron chi connectivity index (χ3n) is 1.42. The van der Waals surface area contributed by atoms with Gasteiger partial charge in [0.15, 0.2) is 0 Å². The first-order valence-corrected chi connectivity index (χ1v) is 6.58. The number of rotatable bonds is 10. The minimum atomic E-state index is -4.47. The van der Waals surface area contributed by atoms with Gasteiger partial charge in [0.2, 0.25) is 0 Å². The van der Waals surface area contributed by atoms with Crippen LogP contribution in [0.15, 0.2) is 25.3 Å². The summed E-state index contributed by atoms with van der Waals surface area (Å²) in [6.45, 7) is 7.45. The third-order valence-corrected chi connectivity index (χ3v) is 1.90. The first kappa shape index (κ1) is 19.8. The van der Waals surface area contributed by atoms with Gasteiger partial charge >= 0.3 is 7.82 Å². The van der Waals surface area contributed by atoms with E-state index in [9.17, 15) is 4.57 Å². The average molecular weight is 284 g/mol. The fourth-order valence-corrected chi connectivity index (χ4v) is 1.17. The first-order valence-electron chi connectivity index (χ1n) is 5.05. The zero-order valence-electron chi connectivity index (χ0n) is 10.4. The maximum atomic E-state index is 10.5. The van der Waals surface area contributed by atoms with E-state index in [4.69, 9.17) is 24.4 Å². The summed E-state index contributed by atoms with van der Waals surface area (Å²) >= 11 is 0. The van der Waals surface area contributed by atoms with Crippen LogP contribution in [0.4, 0.5) is 0 Å². The van der Waals surface area contributed by atoms with Gasteiger partial charge in [0.1, 0.15) is 6.10 Å². The summed E-state index contributed by atoms with van der Waals surface area (Å²) in [5, 5.41) is 7.00. The Hall–Kier alpha value is -0.530. The summed E-state index contributed by atoms with van der Waals surface area (Å²) < 4.78 is 25.1. The van der Waals surface area contributed by atoms with Crippen LogP contribution < -0.4 is 0 Å². The molecule has 0 aromatic carbocycles. The van der Waals surface area contributed by atoms with Crippen molar-refractivity contribution < 1.29 is 33.5 Å². The van der Waals surface area contributed by atoms with Crippen molar-refractivity contribution in [3.63, 3.8) is 0 Å². The molecule has 0 aliphatic carbocycles. The second-order valence-corrected chi connectivity index (χ2v) is 4.10. The molecule has 0 heterocycles. The lowest BCUT2D eigenvalue weighted by atomic mass is 10.4. The quantitative estimate of drug-likeness (QED) is 0.304. The van der Waals surface area contributed by atoms with Crippen molar-refractivity contribution >= 4 is 7.82 Å². The Morgan fingerprint density at radius 2 is 1.72 bits per heavy atom. The van der Waals surface area contributed by atoms with Gasteiger partial charge in [-0.05, 0) is 0 Å². The van der Waals surface area contributed by atoms with Gasteiger partial charge in [0, 0.05) is 7.11 Å². The molecule has 8 heteroatoms. The molecular weight excluding hydrogens is 263 g/mol. The van der Waals surface area contributed by atoms with Crippen LogP contribution >= 0.6 is 7.82 Å². The van der Waals surface area contributed by atoms with Gasteiger partial charge < -0.3 is 24.4 Å². The van der Waals surface area contributed by atoms with E-state index in [0.717, 1.165) is 7.11 Å². The molecule has 0 rings (SSSR count). The Morgan fingerprint density at radius 3 is 2.17 bits per heavy atom. The second kappa shape index (κ2) is 12.9. The smallest absolute Gasteiger partial charge is 0.400 e. The van der Waals surface area contributed by atoms with Crippen LogP contribution in [-0.2, 0) is 18.6 Å². The van der Waals surface area contributed by atoms with Crippen LogP contribution in [0.5, 0.6) is 0 Å². The van der Waals surface area contributed by atoms with Crippen molar-refractivity contribution in [3.8, 4) is 0 Å². The predicted octanol–water partition coefficient (Wildman–Crippen LogP) is 0.478. The molecule has 1 atom stereocenters. The zero-order chi connectivity index (χ0) is 14.4. The molecule has 0 saturated carbocycles. The molecular formula is C10H21O7P. The third kappa shape index (κ3) is 15.5. The minimum Gasteiger partial charge on any atom is -0.400 e. The summed E-state index contributed by atoms with van der Waals surface area (Å²) in [5.41, 5.74) is 0. The maximum absolute atomic E-state index is 10.5. The first-order chi connectivity index (χ1) is 8.49. The monoisotopic (exact) mass is 284 g/mol. The van der Waals surface area contributed by atoms with Gasteiger partial charge in [-0.25, -0.2) is 4.57 Å². The van der Waals surface area contributed by atoms with Gasteiger partial charge in [-0.1, -0.05) is 12.2 Å². The van der Waals surface area contributed by atoms with Crippen LogP contribution in [0.2, 0.25) is 0 Å². The molecule has 0 amide bonds. The normalized spacial score (nSPS) is 12.2. The summed E-state index contributed by atoms with van der Waals surface area (Å²) in [7, 11) is -3.47. The van der Waals surface area contributed by atoms with Gasteiger partial charge in [-0.15, -0.1) is 13.2 Å². The van der Waals surface area contributed by atoms with Crippen molar-refractivity contribution in [2.24, 2.45) is 0 Å². The number of hydrogen-bond donors (Lipinski definition) is 3. The largest absolute Gasteiger partial charge is 0.469 e. The van der Waals surface area contributed by atoms with E-state index in [-0.39, 0.29) is 19.8 Å². The van der Waals surface area contributed by atoms with E-state index >= 15 is 0 Å². The fourth-order valence-electron chi connectivity index (χ4n) is 0.812. The standard InChI is InChI=1S/C9H17O6P.CH4O/c1-3-5-13-7-9(14-6-4-2)8-15-16(10,11)12;1-2/h3-4,9H,1-2,5-8H2,(H2,10,11,12);2H,1H3. The lowest BCUT2D eigenvalue weighted by Crippen LogP contribution is -2.25. The average Bonchev–Trinajstić information content (AvgIpc) is 2.33. The van der Waals surface area contributed by atoms with Gasteiger partial charge in [-0.2, -0.15) is 0 Å². The van der Waals surface area contributed by atoms with Crippen molar-refractivity contribution in [1.29, 1.82) is 0 Å². The molecule has 1 unspecified atom stereocenters. The van der Waals surface area contributed by atoms with Gasteiger partial charge in [0.25, 0.3) is 0 Å². The van der Waals surface area contributed by atoms with Crippen molar-refractivity contribution in [2.45, 2.75) is 6.10 Å². The molecule has 0 radical (unpaired) electrons. The van der Waals surface area contributed by atoms with Gasteiger partial charge in [-0.3, -0.25) is 4.52 Å². The Morgan fingerprint density at radius 1 is 1.17 bits per heavy atom.